The molecule has 0 aromatic heterocycles. The van der Waals surface area contributed by atoms with Gasteiger partial charge in [-0.2, -0.15) is 5.10 Å². The first kappa shape index (κ1) is 14.5. The lowest BCUT2D eigenvalue weighted by Gasteiger charge is -2.02. The molecule has 3 rings (SSSR count). The maximum Gasteiger partial charge on any atom is 0.282 e. The van der Waals surface area contributed by atoms with E-state index in [0.717, 1.165) is 0 Å². The topological polar surface area (TPSA) is 103 Å². The Kier molecular flexibility index (Phi) is 3.88. The highest BCUT2D eigenvalue weighted by Gasteiger charge is 2.19. The van der Waals surface area contributed by atoms with Crippen molar-refractivity contribution in [1.82, 2.24) is 5.43 Å². The van der Waals surface area contributed by atoms with E-state index in [1.54, 1.807) is 24.3 Å². The van der Waals surface area contributed by atoms with Crippen molar-refractivity contribution in [1.29, 1.82) is 0 Å². The van der Waals surface area contributed by atoms with Crippen LogP contribution in [0.1, 0.15) is 15.9 Å². The summed E-state index contributed by atoms with van der Waals surface area (Å²) in [7, 11) is 0. The highest BCUT2D eigenvalue weighted by Crippen LogP contribution is 2.34. The second kappa shape index (κ2) is 6.14. The Labute approximate surface area is 130 Å². The number of hydrogen-bond donors (Lipinski definition) is 1. The molecule has 0 fully saturated rings. The van der Waals surface area contributed by atoms with E-state index in [0.29, 0.717) is 17.1 Å². The van der Waals surface area contributed by atoms with Gasteiger partial charge in [-0.25, -0.2) is 5.43 Å². The normalized spacial score (nSPS) is 12.3. The molecule has 0 aliphatic carbocycles. The van der Waals surface area contributed by atoms with E-state index >= 15 is 0 Å². The molecule has 8 heteroatoms. The number of carbonyl (C=O) groups excluding carboxylic acids is 1. The number of nitro benzene ring substituents is 1. The predicted molar refractivity (Wildman–Crippen MR) is 80.7 cm³/mol. The van der Waals surface area contributed by atoms with Gasteiger partial charge < -0.3 is 9.47 Å². The smallest absolute Gasteiger partial charge is 0.282 e. The van der Waals surface area contributed by atoms with Crippen LogP contribution in [0.4, 0.5) is 5.69 Å². The minimum atomic E-state index is -0.668. The van der Waals surface area contributed by atoms with E-state index in [9.17, 15) is 14.9 Å². The lowest BCUT2D eigenvalue weighted by atomic mass is 10.2. The summed E-state index contributed by atoms with van der Waals surface area (Å²) in [6, 6.07) is 10.9. The van der Waals surface area contributed by atoms with Crippen LogP contribution in [0.15, 0.2) is 47.6 Å². The summed E-state index contributed by atoms with van der Waals surface area (Å²) in [6.07, 6.45) is 1.39. The molecule has 8 nitrogen and oxygen atoms in total. The first-order valence-electron chi connectivity index (χ1n) is 6.62. The number of hydrazone groups is 1. The molecule has 0 spiro atoms. The summed E-state index contributed by atoms with van der Waals surface area (Å²) < 4.78 is 10.5. The van der Waals surface area contributed by atoms with Crippen LogP contribution in [0, 0.1) is 10.1 Å². The summed E-state index contributed by atoms with van der Waals surface area (Å²) in [6.45, 7) is 0.128. The molecule has 0 saturated heterocycles. The van der Waals surface area contributed by atoms with Crippen LogP contribution in [0.5, 0.6) is 11.5 Å². The Morgan fingerprint density at radius 2 is 2.04 bits per heavy atom. The third-order valence-electron chi connectivity index (χ3n) is 3.14. The predicted octanol–water partition coefficient (Wildman–Crippen LogP) is 2.09. The Hall–Kier alpha value is -3.42. The van der Waals surface area contributed by atoms with E-state index < -0.39 is 10.8 Å². The summed E-state index contributed by atoms with van der Waals surface area (Å²) in [5, 5.41) is 14.7. The number of para-hydroxylation sites is 2. The standard InChI is InChI=1S/C15H11N3O5/c19-15(11-5-1-2-6-12(11)18(20)21)17-16-8-10-4-3-7-13-14(10)23-9-22-13/h1-8H,9H2,(H,17,19)/b16-8-. The zero-order valence-corrected chi connectivity index (χ0v) is 11.8. The number of nitrogens with one attached hydrogen (secondary N) is 1. The van der Waals surface area contributed by atoms with Crippen LogP contribution in [0.25, 0.3) is 0 Å². The van der Waals surface area contributed by atoms with Crippen molar-refractivity contribution in [3.8, 4) is 11.5 Å². The first-order chi connectivity index (χ1) is 11.2. The van der Waals surface area contributed by atoms with Crippen LogP contribution < -0.4 is 14.9 Å². The largest absolute Gasteiger partial charge is 0.454 e. The SMILES string of the molecule is O=C(N/N=C\c1cccc2c1OCO2)c1ccccc1[N+](=O)[O-]. The molecule has 1 N–H and O–H groups in total. The van der Waals surface area contributed by atoms with Crippen LogP contribution in [-0.2, 0) is 0 Å². The molecule has 1 amide bonds. The van der Waals surface area contributed by atoms with Crippen molar-refractivity contribution in [3.63, 3.8) is 0 Å². The molecular formula is C15H11N3O5. The quantitative estimate of drug-likeness (QED) is 0.529. The van der Waals surface area contributed by atoms with Gasteiger partial charge in [0.1, 0.15) is 5.56 Å². The number of ether oxygens (including phenoxy) is 2. The Morgan fingerprint density at radius 1 is 1.22 bits per heavy atom. The van der Waals surface area contributed by atoms with Gasteiger partial charge in [-0.1, -0.05) is 18.2 Å². The highest BCUT2D eigenvalue weighted by atomic mass is 16.7. The highest BCUT2D eigenvalue weighted by molar-refractivity contribution is 5.98. The number of benzene rings is 2. The van der Waals surface area contributed by atoms with E-state index in [-0.39, 0.29) is 18.0 Å². The molecular weight excluding hydrogens is 302 g/mol. The van der Waals surface area contributed by atoms with Crippen molar-refractivity contribution < 1.29 is 19.2 Å². The average molecular weight is 313 g/mol. The second-order valence-corrected chi connectivity index (χ2v) is 4.55. The molecule has 116 valence electrons. The summed E-state index contributed by atoms with van der Waals surface area (Å²) >= 11 is 0. The van der Waals surface area contributed by atoms with Crippen molar-refractivity contribution in [3.05, 3.63) is 63.7 Å². The maximum atomic E-state index is 12.0. The molecule has 2 aromatic carbocycles. The molecule has 1 aliphatic heterocycles. The van der Waals surface area contributed by atoms with Gasteiger partial charge in [0.2, 0.25) is 6.79 Å². The molecule has 0 bridgehead atoms. The number of carbonyl (C=O) groups is 1. The minimum Gasteiger partial charge on any atom is -0.454 e. The van der Waals surface area contributed by atoms with Crippen molar-refractivity contribution in [2.45, 2.75) is 0 Å². The first-order valence-corrected chi connectivity index (χ1v) is 6.62. The third kappa shape index (κ3) is 2.95. The lowest BCUT2D eigenvalue weighted by Crippen LogP contribution is -2.19. The number of hydrogen-bond acceptors (Lipinski definition) is 6. The number of nitro groups is 1. The van der Waals surface area contributed by atoms with Crippen molar-refractivity contribution in [2.75, 3.05) is 6.79 Å². The fraction of sp³-hybridized carbons (Fsp3) is 0.0667. The Balaban J connectivity index is 1.75. The van der Waals surface area contributed by atoms with Gasteiger partial charge >= 0.3 is 0 Å². The van der Waals surface area contributed by atoms with Gasteiger partial charge in [-0.15, -0.1) is 0 Å². The van der Waals surface area contributed by atoms with Crippen LogP contribution in [-0.4, -0.2) is 23.8 Å². The fourth-order valence-corrected chi connectivity index (χ4v) is 2.10. The average Bonchev–Trinajstić information content (AvgIpc) is 3.04. The Morgan fingerprint density at radius 3 is 2.87 bits per heavy atom. The van der Waals surface area contributed by atoms with Crippen molar-refractivity contribution in [2.24, 2.45) is 5.10 Å². The van der Waals surface area contributed by atoms with Gasteiger partial charge in [0, 0.05) is 11.6 Å². The number of rotatable bonds is 4. The third-order valence-corrected chi connectivity index (χ3v) is 3.14. The Bertz CT molecular complexity index is 803. The van der Waals surface area contributed by atoms with Gasteiger partial charge in [0.15, 0.2) is 11.5 Å². The number of fused-ring (bicyclic) bond motifs is 1. The van der Waals surface area contributed by atoms with Crippen LogP contribution >= 0.6 is 0 Å². The molecule has 0 radical (unpaired) electrons. The van der Waals surface area contributed by atoms with Crippen LogP contribution in [0.3, 0.4) is 0 Å². The summed E-state index contributed by atoms with van der Waals surface area (Å²) in [5.74, 6) is 0.466. The minimum absolute atomic E-state index is 0.0625. The maximum absolute atomic E-state index is 12.0. The summed E-state index contributed by atoms with van der Waals surface area (Å²) in [5.41, 5.74) is 2.55. The molecule has 0 atom stereocenters. The fourth-order valence-electron chi connectivity index (χ4n) is 2.10. The molecule has 0 unspecified atom stereocenters. The van der Waals surface area contributed by atoms with Crippen molar-refractivity contribution >= 4 is 17.8 Å². The molecule has 1 heterocycles. The second-order valence-electron chi connectivity index (χ2n) is 4.55. The number of amides is 1. The van der Waals surface area contributed by atoms with E-state index in [1.165, 1.54) is 24.4 Å². The van der Waals surface area contributed by atoms with E-state index in [2.05, 4.69) is 10.5 Å². The van der Waals surface area contributed by atoms with E-state index in [1.807, 2.05) is 0 Å². The molecule has 23 heavy (non-hydrogen) atoms. The van der Waals surface area contributed by atoms with Gasteiger partial charge in [-0.05, 0) is 18.2 Å². The lowest BCUT2D eigenvalue weighted by molar-refractivity contribution is -0.385. The molecule has 1 aliphatic rings. The zero-order chi connectivity index (χ0) is 16.2. The van der Waals surface area contributed by atoms with Gasteiger partial charge in [0.25, 0.3) is 11.6 Å². The zero-order valence-electron chi connectivity index (χ0n) is 11.8. The molecule has 0 saturated carbocycles. The van der Waals surface area contributed by atoms with Gasteiger partial charge in [0.05, 0.1) is 11.1 Å². The number of nitrogens with zero attached hydrogens (tertiary/aromatic N) is 2. The molecule has 2 aromatic rings. The van der Waals surface area contributed by atoms with E-state index in [4.69, 9.17) is 9.47 Å². The van der Waals surface area contributed by atoms with Gasteiger partial charge in [-0.3, -0.25) is 14.9 Å². The van der Waals surface area contributed by atoms with Crippen LogP contribution in [0.2, 0.25) is 0 Å². The monoisotopic (exact) mass is 313 g/mol. The summed E-state index contributed by atoms with van der Waals surface area (Å²) in [4.78, 5) is 22.3.